The zero-order valence-electron chi connectivity index (χ0n) is 40.4. The summed E-state index contributed by atoms with van der Waals surface area (Å²) in [4.78, 5) is 11.3. The van der Waals surface area contributed by atoms with Gasteiger partial charge in [0.2, 0.25) is 0 Å². The molecule has 12 aromatic carbocycles. The van der Waals surface area contributed by atoms with Gasteiger partial charge in [-0.05, 0) is 152 Å². The molecule has 0 aliphatic carbocycles. The Hall–Kier alpha value is -10.9. The van der Waals surface area contributed by atoms with Gasteiger partial charge in [-0.1, -0.05) is 133 Å². The number of rotatable bonds is 10. The zero-order valence-corrected chi connectivity index (χ0v) is 40.4. The summed E-state index contributed by atoms with van der Waals surface area (Å²) >= 11 is 0. The fraction of sp³-hybridized carbons (Fsp3) is 0. The Labute approximate surface area is 437 Å². The molecule has 0 fully saturated rings. The molecule has 0 atom stereocenters. The van der Waals surface area contributed by atoms with Gasteiger partial charge in [-0.15, -0.1) is 0 Å². The van der Waals surface area contributed by atoms with E-state index in [2.05, 4.69) is 52.2 Å². The summed E-state index contributed by atoms with van der Waals surface area (Å²) in [6.45, 7) is 15.6. The third-order valence-electron chi connectivity index (χ3n) is 13.9. The van der Waals surface area contributed by atoms with E-state index in [9.17, 15) is 10.5 Å². The monoisotopic (exact) mass is 976 g/mol. The van der Waals surface area contributed by atoms with E-state index in [4.69, 9.17) is 13.1 Å². The van der Waals surface area contributed by atoms with Crippen LogP contribution in [0.5, 0.6) is 0 Å². The molecule has 0 saturated heterocycles. The molecule has 0 saturated carbocycles. The molecule has 0 amide bonds. The van der Waals surface area contributed by atoms with E-state index in [0.717, 1.165) is 32.3 Å². The summed E-state index contributed by atoms with van der Waals surface area (Å²) in [7, 11) is 0. The highest BCUT2D eigenvalue weighted by Crippen LogP contribution is 2.52. The summed E-state index contributed by atoms with van der Waals surface area (Å²) in [5, 5.41) is 25.3. The van der Waals surface area contributed by atoms with E-state index in [0.29, 0.717) is 89.8 Å². The van der Waals surface area contributed by atoms with Gasteiger partial charge in [-0.25, -0.2) is 18.5 Å². The molecule has 0 spiro atoms. The zero-order chi connectivity index (χ0) is 51.9. The topological polar surface area (TPSA) is 62.8 Å². The highest BCUT2D eigenvalue weighted by molar-refractivity contribution is 6.28. The van der Waals surface area contributed by atoms with Crippen molar-refractivity contribution in [2.45, 2.75) is 0 Å². The first-order chi connectivity index (χ1) is 37.3. The number of nitriles is 2. The molecule has 0 N–H and O–H groups in total. The van der Waals surface area contributed by atoms with Crippen LogP contribution in [0.4, 0.5) is 54.3 Å². The van der Waals surface area contributed by atoms with Crippen LogP contribution < -0.4 is 9.80 Å². The standard InChI is InChI=1S/C68H38F2N6/c1-73-53-19-11-16-48(35-53)52-38-60(50-18-12-20-54(36-50)74-2)68(62(70)40-52)76(56-23-7-4-8-24-56)64-32-28-46-25-29-57-63(31-27-45-26-30-58(64)66(46)65(45)57)75(55-21-5-3-6-22-55)67-59(49-17-10-14-44(34-49)42-72)37-51(39-61(67)69)47-15-9-13-43(33-47)41-71/h3-40H. The number of para-hydroxylation sites is 2. The minimum absolute atomic E-state index is 0.266. The van der Waals surface area contributed by atoms with Crippen LogP contribution in [-0.4, -0.2) is 0 Å². The summed E-state index contributed by atoms with van der Waals surface area (Å²) in [5.41, 5.74) is 9.88. The van der Waals surface area contributed by atoms with E-state index < -0.39 is 11.6 Å². The second-order valence-corrected chi connectivity index (χ2v) is 18.4. The summed E-state index contributed by atoms with van der Waals surface area (Å²) in [6, 6.07) is 75.6. The van der Waals surface area contributed by atoms with Gasteiger partial charge in [0.15, 0.2) is 11.4 Å². The smallest absolute Gasteiger partial charge is 0.187 e. The lowest BCUT2D eigenvalue weighted by Gasteiger charge is -2.31. The quantitative estimate of drug-likeness (QED) is 0.101. The molecular formula is C68H38F2N6. The lowest BCUT2D eigenvalue weighted by atomic mass is 9.90. The van der Waals surface area contributed by atoms with Crippen molar-refractivity contribution in [3.63, 3.8) is 0 Å². The molecule has 0 bridgehead atoms. The van der Waals surface area contributed by atoms with Gasteiger partial charge < -0.3 is 9.80 Å². The van der Waals surface area contributed by atoms with E-state index in [-0.39, 0.29) is 11.4 Å². The van der Waals surface area contributed by atoms with Crippen LogP contribution in [0.25, 0.3) is 86.5 Å². The van der Waals surface area contributed by atoms with Crippen LogP contribution in [0, 0.1) is 47.4 Å². The van der Waals surface area contributed by atoms with E-state index in [1.807, 2.05) is 125 Å². The second-order valence-electron chi connectivity index (χ2n) is 18.4. The number of nitrogens with zero attached hydrogens (tertiary/aromatic N) is 6. The van der Waals surface area contributed by atoms with E-state index >= 15 is 8.78 Å². The third-order valence-corrected chi connectivity index (χ3v) is 13.9. The molecule has 0 heterocycles. The van der Waals surface area contributed by atoms with Crippen LogP contribution in [-0.2, 0) is 0 Å². The Bertz CT molecular complexity index is 4160. The molecule has 76 heavy (non-hydrogen) atoms. The highest BCUT2D eigenvalue weighted by Gasteiger charge is 2.28. The molecule has 6 nitrogen and oxygen atoms in total. The Morgan fingerprint density at radius 3 is 1.22 bits per heavy atom. The number of hydrogen-bond donors (Lipinski definition) is 0. The maximum atomic E-state index is 17.9. The Balaban J connectivity index is 1.12. The van der Waals surface area contributed by atoms with Crippen LogP contribution in [0.3, 0.4) is 0 Å². The molecule has 0 aliphatic rings. The van der Waals surface area contributed by atoms with Crippen molar-refractivity contribution in [1.29, 1.82) is 10.5 Å². The third kappa shape index (κ3) is 8.12. The molecule has 0 aliphatic heterocycles. The van der Waals surface area contributed by atoms with Crippen molar-refractivity contribution in [3.8, 4) is 56.6 Å². The average Bonchev–Trinajstić information content (AvgIpc) is 3.57. The molecular weight excluding hydrogens is 939 g/mol. The Kier molecular flexibility index (Phi) is 11.7. The van der Waals surface area contributed by atoms with Crippen molar-refractivity contribution < 1.29 is 8.78 Å². The number of hydrogen-bond acceptors (Lipinski definition) is 4. The predicted molar refractivity (Wildman–Crippen MR) is 303 cm³/mol. The Morgan fingerprint density at radius 1 is 0.368 bits per heavy atom. The van der Waals surface area contributed by atoms with Crippen LogP contribution in [0.15, 0.2) is 231 Å². The lowest BCUT2D eigenvalue weighted by molar-refractivity contribution is 0.629. The number of anilines is 6. The van der Waals surface area contributed by atoms with Crippen molar-refractivity contribution in [3.05, 3.63) is 276 Å². The lowest BCUT2D eigenvalue weighted by Crippen LogP contribution is -2.14. The first-order valence-electron chi connectivity index (χ1n) is 24.4. The van der Waals surface area contributed by atoms with Gasteiger partial charge in [0, 0.05) is 33.3 Å². The fourth-order valence-electron chi connectivity index (χ4n) is 10.5. The first-order valence-corrected chi connectivity index (χ1v) is 24.4. The molecule has 8 heteroatoms. The van der Waals surface area contributed by atoms with Crippen LogP contribution >= 0.6 is 0 Å². The van der Waals surface area contributed by atoms with E-state index in [1.54, 1.807) is 72.8 Å². The average molecular weight is 977 g/mol. The van der Waals surface area contributed by atoms with Crippen LogP contribution in [0.1, 0.15) is 11.1 Å². The van der Waals surface area contributed by atoms with E-state index in [1.165, 1.54) is 12.1 Å². The highest BCUT2D eigenvalue weighted by atomic mass is 19.1. The molecule has 12 aromatic rings. The van der Waals surface area contributed by atoms with Crippen molar-refractivity contribution in [1.82, 2.24) is 0 Å². The minimum atomic E-state index is -0.516. The van der Waals surface area contributed by atoms with Gasteiger partial charge in [-0.3, -0.25) is 0 Å². The van der Waals surface area contributed by atoms with Crippen molar-refractivity contribution >= 4 is 77.8 Å². The second kappa shape index (κ2) is 19.3. The minimum Gasteiger partial charge on any atom is -0.307 e. The molecule has 354 valence electrons. The number of halogens is 2. The van der Waals surface area contributed by atoms with Gasteiger partial charge in [0.25, 0.3) is 0 Å². The normalized spacial score (nSPS) is 11.0. The molecule has 0 unspecified atom stereocenters. The maximum Gasteiger partial charge on any atom is 0.187 e. The maximum absolute atomic E-state index is 17.9. The van der Waals surface area contributed by atoms with Crippen molar-refractivity contribution in [2.24, 2.45) is 0 Å². The van der Waals surface area contributed by atoms with Crippen molar-refractivity contribution in [2.75, 3.05) is 9.80 Å². The summed E-state index contributed by atoms with van der Waals surface area (Å²) < 4.78 is 35.8. The van der Waals surface area contributed by atoms with Crippen LogP contribution in [0.2, 0.25) is 0 Å². The molecule has 12 rings (SSSR count). The van der Waals surface area contributed by atoms with Gasteiger partial charge >= 0.3 is 0 Å². The summed E-state index contributed by atoms with van der Waals surface area (Å²) in [5.74, 6) is -1.02. The SMILES string of the molecule is [C-]#[N+]c1cccc(-c2cc(F)c(N(c3ccccc3)c3ccc4ccc5c(N(c6ccccc6)c6c(F)cc(-c7cccc(C#N)c7)cc6-c6cccc(C#N)c6)ccc6ccc3c4c65)c(-c3cccc([N+]#[C-])c3)c2)c1. The van der Waals surface area contributed by atoms with Gasteiger partial charge in [-0.2, -0.15) is 10.5 Å². The molecule has 0 aromatic heterocycles. The Morgan fingerprint density at radius 2 is 0.763 bits per heavy atom. The molecule has 0 radical (unpaired) electrons. The predicted octanol–water partition coefficient (Wildman–Crippen LogP) is 19.3. The largest absolute Gasteiger partial charge is 0.307 e. The summed E-state index contributed by atoms with van der Waals surface area (Å²) in [6.07, 6.45) is 0. The number of benzene rings is 12. The van der Waals surface area contributed by atoms with Gasteiger partial charge in [0.1, 0.15) is 11.6 Å². The van der Waals surface area contributed by atoms with Gasteiger partial charge in [0.05, 0.1) is 59.2 Å². The fourth-order valence-corrected chi connectivity index (χ4v) is 10.5. The first kappa shape index (κ1) is 46.2.